The monoisotopic (exact) mass is 686 g/mol. The van der Waals surface area contributed by atoms with Gasteiger partial charge in [-0.1, -0.05) is 58.3 Å². The maximum absolute atomic E-state index is 12.3. The molecular weight excluding hydrogens is 632 g/mol. The lowest BCUT2D eigenvalue weighted by Crippen LogP contribution is -2.63. The molecule has 3 saturated heterocycles. The summed E-state index contributed by atoms with van der Waals surface area (Å²) < 4.78 is 32.5. The summed E-state index contributed by atoms with van der Waals surface area (Å²) in [6.07, 6.45) is -12.3. The molecule has 3 aliphatic heterocycles. The molecule has 14 atom stereocenters. The van der Waals surface area contributed by atoms with Gasteiger partial charge in [-0.3, -0.25) is 4.79 Å². The highest BCUT2D eigenvalue weighted by Gasteiger charge is 2.59. The average Bonchev–Trinajstić information content (AvgIpc) is 3.30. The first kappa shape index (κ1) is 40.3. The molecule has 17 nitrogen and oxygen atoms in total. The van der Waals surface area contributed by atoms with Crippen molar-refractivity contribution in [1.82, 2.24) is 0 Å². The molecular formula is C30H54O17. The Morgan fingerprint density at radius 3 is 1.79 bits per heavy atom. The van der Waals surface area contributed by atoms with Crippen molar-refractivity contribution in [3.63, 3.8) is 0 Å². The summed E-state index contributed by atoms with van der Waals surface area (Å²) >= 11 is 0. The van der Waals surface area contributed by atoms with E-state index < -0.39 is 118 Å². The van der Waals surface area contributed by atoms with Gasteiger partial charge in [-0.2, -0.15) is 0 Å². The molecule has 3 aliphatic rings. The fourth-order valence-corrected chi connectivity index (χ4v) is 5.83. The van der Waals surface area contributed by atoms with Gasteiger partial charge in [0.25, 0.3) is 0 Å². The second-order valence-corrected chi connectivity index (χ2v) is 12.5. The number of hydrogen-bond donors (Lipinski definition) is 10. The van der Waals surface area contributed by atoms with Crippen LogP contribution >= 0.6 is 0 Å². The molecule has 0 unspecified atom stereocenters. The van der Waals surface area contributed by atoms with E-state index in [1.54, 1.807) is 0 Å². The predicted octanol–water partition coefficient (Wildman–Crippen LogP) is -3.10. The van der Waals surface area contributed by atoms with E-state index in [0.29, 0.717) is 6.42 Å². The minimum absolute atomic E-state index is 0.151. The molecule has 0 aromatic rings. The molecule has 17 heteroatoms. The topological polar surface area (TPSA) is 275 Å². The number of hydrogen-bond acceptors (Lipinski definition) is 17. The molecule has 0 aliphatic carbocycles. The van der Waals surface area contributed by atoms with Gasteiger partial charge in [-0.15, -0.1) is 0 Å². The van der Waals surface area contributed by atoms with E-state index in [1.807, 2.05) is 0 Å². The number of esters is 1. The van der Waals surface area contributed by atoms with Gasteiger partial charge in [-0.25, -0.2) is 0 Å². The Balaban J connectivity index is 1.51. The van der Waals surface area contributed by atoms with Crippen LogP contribution in [0.4, 0.5) is 0 Å². The number of rotatable bonds is 19. The van der Waals surface area contributed by atoms with Crippen molar-refractivity contribution >= 4 is 5.97 Å². The van der Waals surface area contributed by atoms with Crippen molar-refractivity contribution in [2.45, 2.75) is 157 Å². The minimum atomic E-state index is -2.41. The predicted molar refractivity (Wildman–Crippen MR) is 157 cm³/mol. The van der Waals surface area contributed by atoms with Crippen LogP contribution in [0.2, 0.25) is 0 Å². The summed E-state index contributed by atoms with van der Waals surface area (Å²) in [5.41, 5.74) is 0. The lowest BCUT2D eigenvalue weighted by atomic mass is 9.98. The van der Waals surface area contributed by atoms with Crippen LogP contribution in [0.3, 0.4) is 0 Å². The van der Waals surface area contributed by atoms with Gasteiger partial charge < -0.3 is 79.5 Å². The van der Waals surface area contributed by atoms with Crippen LogP contribution < -0.4 is 0 Å². The molecule has 0 bridgehead atoms. The lowest BCUT2D eigenvalue weighted by Gasteiger charge is -2.44. The Kier molecular flexibility index (Phi) is 16.6. The first-order chi connectivity index (χ1) is 22.4. The SMILES string of the molecule is CCCCCCCCCCCC(=O)OC[C@H]1O[C@@](CO)(O[C@H]2O[C@H](CO[C@H]3O[C@H](CO)[C@H](O)[C@H](O)[C@H]3O)[C@@H](O)[C@H](O)[C@H]2O)[C@@H](O)[C@@H]1O. The summed E-state index contributed by atoms with van der Waals surface area (Å²) in [4.78, 5) is 12.3. The van der Waals surface area contributed by atoms with Gasteiger partial charge in [0, 0.05) is 6.42 Å². The van der Waals surface area contributed by atoms with Crippen LogP contribution in [-0.4, -0.2) is 169 Å². The Morgan fingerprint density at radius 2 is 1.19 bits per heavy atom. The van der Waals surface area contributed by atoms with E-state index >= 15 is 0 Å². The second-order valence-electron chi connectivity index (χ2n) is 12.5. The van der Waals surface area contributed by atoms with Crippen LogP contribution in [0.5, 0.6) is 0 Å². The third-order valence-corrected chi connectivity index (χ3v) is 8.88. The highest BCUT2D eigenvalue weighted by Crippen LogP contribution is 2.36. The molecule has 0 radical (unpaired) electrons. The van der Waals surface area contributed by atoms with Gasteiger partial charge in [0.05, 0.1) is 13.2 Å². The van der Waals surface area contributed by atoms with Crippen molar-refractivity contribution < 1.29 is 84.3 Å². The van der Waals surface area contributed by atoms with Gasteiger partial charge in [0.15, 0.2) is 12.6 Å². The first-order valence-corrected chi connectivity index (χ1v) is 16.5. The van der Waals surface area contributed by atoms with Crippen molar-refractivity contribution in [3.05, 3.63) is 0 Å². The van der Waals surface area contributed by atoms with Crippen LogP contribution in [0, 0.1) is 0 Å². The number of carbonyl (C=O) groups is 1. The highest BCUT2D eigenvalue weighted by atomic mass is 16.8. The summed E-state index contributed by atoms with van der Waals surface area (Å²) in [7, 11) is 0. The standard InChI is InChI=1S/C30H54O17/c1-2-3-4-5-6-7-8-9-10-11-19(33)42-14-18-22(36)27(41)30(15-32,46-18)47-29-26(40)24(38)21(35)17(45-29)13-43-28-25(39)23(37)20(34)16(12-31)44-28/h16-18,20-29,31-32,34-41H,2-15H2,1H3/t16-,17-,18-,20+,21-,22-,23+,24+,25-,26-,27+,28+,29-,30+/m1/s1. The normalized spacial score (nSPS) is 40.9. The number of ether oxygens (including phenoxy) is 6. The molecule has 0 saturated carbocycles. The van der Waals surface area contributed by atoms with Crippen molar-refractivity contribution in [1.29, 1.82) is 0 Å². The van der Waals surface area contributed by atoms with Gasteiger partial charge in [-0.05, 0) is 6.42 Å². The Morgan fingerprint density at radius 1 is 0.638 bits per heavy atom. The van der Waals surface area contributed by atoms with Crippen molar-refractivity contribution in [3.8, 4) is 0 Å². The van der Waals surface area contributed by atoms with Crippen molar-refractivity contribution in [2.24, 2.45) is 0 Å². The van der Waals surface area contributed by atoms with Gasteiger partial charge >= 0.3 is 5.97 Å². The van der Waals surface area contributed by atoms with Crippen LogP contribution in [-0.2, 0) is 33.2 Å². The number of unbranched alkanes of at least 4 members (excludes halogenated alkanes) is 8. The fraction of sp³-hybridized carbons (Fsp3) is 0.967. The minimum Gasteiger partial charge on any atom is -0.463 e. The lowest BCUT2D eigenvalue weighted by molar-refractivity contribution is -0.388. The molecule has 0 spiro atoms. The van der Waals surface area contributed by atoms with Gasteiger partial charge in [0.1, 0.15) is 80.4 Å². The molecule has 0 amide bonds. The molecule has 0 aromatic carbocycles. The number of aliphatic hydroxyl groups is 10. The van der Waals surface area contributed by atoms with Crippen LogP contribution in [0.1, 0.15) is 71.1 Å². The zero-order valence-corrected chi connectivity index (χ0v) is 26.7. The quantitative estimate of drug-likeness (QED) is 0.0476. The molecule has 3 heterocycles. The molecule has 47 heavy (non-hydrogen) atoms. The molecule has 10 N–H and O–H groups in total. The largest absolute Gasteiger partial charge is 0.463 e. The van der Waals surface area contributed by atoms with E-state index in [0.717, 1.165) is 25.7 Å². The maximum atomic E-state index is 12.3. The van der Waals surface area contributed by atoms with Crippen molar-refractivity contribution in [2.75, 3.05) is 26.4 Å². The number of carbonyl (C=O) groups excluding carboxylic acids is 1. The number of aliphatic hydroxyl groups excluding tert-OH is 10. The fourth-order valence-electron chi connectivity index (χ4n) is 5.83. The first-order valence-electron chi connectivity index (χ1n) is 16.5. The Labute approximate surface area is 273 Å². The Hall–Kier alpha value is -1.13. The van der Waals surface area contributed by atoms with E-state index in [2.05, 4.69) is 6.92 Å². The zero-order valence-electron chi connectivity index (χ0n) is 26.7. The molecule has 3 fully saturated rings. The third kappa shape index (κ3) is 10.4. The molecule has 0 aromatic heterocycles. The third-order valence-electron chi connectivity index (χ3n) is 8.88. The van der Waals surface area contributed by atoms with Crippen LogP contribution in [0.25, 0.3) is 0 Å². The zero-order chi connectivity index (χ0) is 34.7. The smallest absolute Gasteiger partial charge is 0.305 e. The summed E-state index contributed by atoms with van der Waals surface area (Å²) in [6.45, 7) is -0.757. The maximum Gasteiger partial charge on any atom is 0.305 e. The average molecular weight is 687 g/mol. The summed E-state index contributed by atoms with van der Waals surface area (Å²) in [5.74, 6) is -2.95. The van der Waals surface area contributed by atoms with E-state index in [1.165, 1.54) is 25.7 Å². The van der Waals surface area contributed by atoms with E-state index in [4.69, 9.17) is 28.4 Å². The molecule has 3 rings (SSSR count). The van der Waals surface area contributed by atoms with E-state index in [-0.39, 0.29) is 6.42 Å². The Bertz CT molecular complexity index is 912. The summed E-state index contributed by atoms with van der Waals surface area (Å²) in [5, 5.41) is 102. The molecule has 276 valence electrons. The van der Waals surface area contributed by atoms with E-state index in [9.17, 15) is 55.9 Å². The van der Waals surface area contributed by atoms with Gasteiger partial charge in [0.2, 0.25) is 5.79 Å². The second kappa shape index (κ2) is 19.3. The highest BCUT2D eigenvalue weighted by molar-refractivity contribution is 5.69. The summed E-state index contributed by atoms with van der Waals surface area (Å²) in [6, 6.07) is 0. The van der Waals surface area contributed by atoms with Crippen LogP contribution in [0.15, 0.2) is 0 Å².